The predicted octanol–water partition coefficient (Wildman–Crippen LogP) is 4.11. The smallest absolute Gasteiger partial charge is 0.0720 e. The van der Waals surface area contributed by atoms with Gasteiger partial charge in [-0.1, -0.05) is 52.0 Å². The molecular formula is C11H21NS. The summed E-state index contributed by atoms with van der Waals surface area (Å²) in [4.78, 5) is 4.47. The fourth-order valence-electron chi connectivity index (χ4n) is 0.873. The van der Waals surface area contributed by atoms with Crippen LogP contribution in [0, 0.1) is 5.92 Å². The van der Waals surface area contributed by atoms with Crippen LogP contribution in [0.5, 0.6) is 0 Å². The Kier molecular flexibility index (Phi) is 7.06. The lowest BCUT2D eigenvalue weighted by molar-refractivity contribution is 0.574. The molecule has 0 N–H and O–H groups in total. The Labute approximate surface area is 86.7 Å². The first-order valence-electron chi connectivity index (χ1n) is 4.99. The topological polar surface area (TPSA) is 12.4 Å². The summed E-state index contributed by atoms with van der Waals surface area (Å²) in [6.07, 6.45) is 3.42. The highest BCUT2D eigenvalue weighted by molar-refractivity contribution is 8.16. The Balaban J connectivity index is 0.000000424. The summed E-state index contributed by atoms with van der Waals surface area (Å²) < 4.78 is 0. The molecule has 1 atom stereocenters. The summed E-state index contributed by atoms with van der Waals surface area (Å²) in [7, 11) is 0. The maximum Gasteiger partial charge on any atom is 0.0720 e. The van der Waals surface area contributed by atoms with Gasteiger partial charge in [0.25, 0.3) is 0 Å². The second-order valence-corrected chi connectivity index (χ2v) is 4.63. The molecule has 76 valence electrons. The van der Waals surface area contributed by atoms with E-state index in [-0.39, 0.29) is 0 Å². The van der Waals surface area contributed by atoms with Crippen molar-refractivity contribution in [1.82, 2.24) is 0 Å². The first-order chi connectivity index (χ1) is 6.11. The Morgan fingerprint density at radius 3 is 2.31 bits per heavy atom. The maximum atomic E-state index is 4.47. The minimum atomic E-state index is 0.418. The van der Waals surface area contributed by atoms with E-state index >= 15 is 0 Å². The molecule has 2 heteroatoms. The average molecular weight is 199 g/mol. The van der Waals surface area contributed by atoms with Gasteiger partial charge in [0, 0.05) is 0 Å². The molecule has 0 radical (unpaired) electrons. The van der Waals surface area contributed by atoms with Crippen LogP contribution in [-0.2, 0) is 0 Å². The van der Waals surface area contributed by atoms with E-state index in [1.807, 2.05) is 0 Å². The van der Waals surface area contributed by atoms with Gasteiger partial charge in [-0.05, 0) is 18.2 Å². The van der Waals surface area contributed by atoms with Crippen LogP contribution in [0.1, 0.15) is 41.0 Å². The molecule has 0 aromatic rings. The van der Waals surface area contributed by atoms with Gasteiger partial charge in [0.05, 0.1) is 11.1 Å². The summed E-state index contributed by atoms with van der Waals surface area (Å²) in [6, 6.07) is 0.418. The summed E-state index contributed by atoms with van der Waals surface area (Å²) in [5, 5.41) is 3.31. The normalized spacial score (nSPS) is 20.8. The highest BCUT2D eigenvalue weighted by atomic mass is 32.2. The second kappa shape index (κ2) is 7.19. The molecule has 0 aliphatic carbocycles. The molecule has 0 aromatic carbocycles. The van der Waals surface area contributed by atoms with Gasteiger partial charge < -0.3 is 0 Å². The Morgan fingerprint density at radius 2 is 2.00 bits per heavy atom. The van der Waals surface area contributed by atoms with Gasteiger partial charge in [0.1, 0.15) is 0 Å². The Bertz CT molecular complexity index is 183. The lowest BCUT2D eigenvalue weighted by atomic mass is 10.1. The van der Waals surface area contributed by atoms with E-state index in [1.165, 1.54) is 11.5 Å². The second-order valence-electron chi connectivity index (χ2n) is 3.54. The van der Waals surface area contributed by atoms with Crippen LogP contribution in [0.2, 0.25) is 0 Å². The van der Waals surface area contributed by atoms with Gasteiger partial charge in [-0.2, -0.15) is 0 Å². The van der Waals surface area contributed by atoms with E-state index in [0.717, 1.165) is 0 Å². The molecule has 0 amide bonds. The molecule has 0 bridgehead atoms. The number of hydrogen-bond donors (Lipinski definition) is 0. The molecule has 0 spiro atoms. The van der Waals surface area contributed by atoms with Crippen LogP contribution in [0.3, 0.4) is 0 Å². The largest absolute Gasteiger partial charge is 0.275 e. The summed E-state index contributed by atoms with van der Waals surface area (Å²) in [5.41, 5.74) is 0. The third kappa shape index (κ3) is 5.92. The molecule has 1 aliphatic rings. The standard InChI is InChI=1S/C8H13NS.C3H8/c1-6(2)8-4-5-10-7(3)9-8;1-3-2/h4-6,8H,1-3H3;3H2,1-2H3. The van der Waals surface area contributed by atoms with Crippen molar-refractivity contribution in [3.05, 3.63) is 11.5 Å². The summed E-state index contributed by atoms with van der Waals surface area (Å²) in [6.45, 7) is 10.7. The molecule has 1 aliphatic heterocycles. The van der Waals surface area contributed by atoms with Gasteiger partial charge >= 0.3 is 0 Å². The molecule has 0 saturated heterocycles. The van der Waals surface area contributed by atoms with Crippen LogP contribution in [0.25, 0.3) is 0 Å². The van der Waals surface area contributed by atoms with Crippen molar-refractivity contribution in [2.75, 3.05) is 0 Å². The zero-order valence-corrected chi connectivity index (χ0v) is 10.2. The first-order valence-corrected chi connectivity index (χ1v) is 5.87. The van der Waals surface area contributed by atoms with Crippen LogP contribution in [0.15, 0.2) is 16.5 Å². The van der Waals surface area contributed by atoms with Crippen LogP contribution >= 0.6 is 11.8 Å². The number of rotatable bonds is 1. The monoisotopic (exact) mass is 199 g/mol. The van der Waals surface area contributed by atoms with Crippen molar-refractivity contribution < 1.29 is 0 Å². The van der Waals surface area contributed by atoms with Gasteiger partial charge in [0.2, 0.25) is 0 Å². The molecule has 13 heavy (non-hydrogen) atoms. The number of thioether (sulfide) groups is 1. The van der Waals surface area contributed by atoms with Crippen LogP contribution < -0.4 is 0 Å². The molecule has 0 saturated carbocycles. The minimum Gasteiger partial charge on any atom is -0.275 e. The van der Waals surface area contributed by atoms with Gasteiger partial charge in [-0.25, -0.2) is 0 Å². The quantitative estimate of drug-likeness (QED) is 0.619. The van der Waals surface area contributed by atoms with E-state index in [9.17, 15) is 0 Å². The number of aliphatic imine (C=N–C) groups is 1. The van der Waals surface area contributed by atoms with E-state index in [2.05, 4.69) is 51.1 Å². The minimum absolute atomic E-state index is 0.418. The van der Waals surface area contributed by atoms with Crippen molar-refractivity contribution in [1.29, 1.82) is 0 Å². The van der Waals surface area contributed by atoms with E-state index in [1.54, 1.807) is 11.8 Å². The van der Waals surface area contributed by atoms with E-state index < -0.39 is 0 Å². The fourth-order valence-corrected chi connectivity index (χ4v) is 1.49. The summed E-state index contributed by atoms with van der Waals surface area (Å²) in [5.74, 6) is 0.632. The molecule has 1 rings (SSSR count). The third-order valence-electron chi connectivity index (χ3n) is 1.53. The highest BCUT2D eigenvalue weighted by Gasteiger charge is 2.10. The first kappa shape index (κ1) is 12.8. The van der Waals surface area contributed by atoms with Crippen molar-refractivity contribution in [2.45, 2.75) is 47.1 Å². The lowest BCUT2D eigenvalue weighted by Crippen LogP contribution is -2.12. The number of nitrogens with zero attached hydrogens (tertiary/aromatic N) is 1. The van der Waals surface area contributed by atoms with Gasteiger partial charge in [0.15, 0.2) is 0 Å². The molecule has 1 heterocycles. The van der Waals surface area contributed by atoms with Gasteiger partial charge in [-0.3, -0.25) is 4.99 Å². The highest BCUT2D eigenvalue weighted by Crippen LogP contribution is 2.19. The molecule has 1 unspecified atom stereocenters. The Hall–Kier alpha value is -0.240. The molecular weight excluding hydrogens is 178 g/mol. The van der Waals surface area contributed by atoms with Crippen molar-refractivity contribution in [2.24, 2.45) is 10.9 Å². The van der Waals surface area contributed by atoms with Crippen LogP contribution in [0.4, 0.5) is 0 Å². The van der Waals surface area contributed by atoms with E-state index in [0.29, 0.717) is 12.0 Å². The maximum absolute atomic E-state index is 4.47. The predicted molar refractivity (Wildman–Crippen MR) is 64.4 cm³/mol. The molecule has 1 nitrogen and oxygen atoms in total. The number of hydrogen-bond acceptors (Lipinski definition) is 2. The third-order valence-corrected chi connectivity index (χ3v) is 2.27. The van der Waals surface area contributed by atoms with E-state index in [4.69, 9.17) is 0 Å². The van der Waals surface area contributed by atoms with Crippen LogP contribution in [-0.4, -0.2) is 11.1 Å². The molecule has 0 aromatic heterocycles. The molecule has 0 fully saturated rings. The lowest BCUT2D eigenvalue weighted by Gasteiger charge is -2.15. The fraction of sp³-hybridized carbons (Fsp3) is 0.727. The Morgan fingerprint density at radius 1 is 1.46 bits per heavy atom. The zero-order chi connectivity index (χ0) is 10.3. The van der Waals surface area contributed by atoms with Crippen molar-refractivity contribution >= 4 is 16.8 Å². The summed E-state index contributed by atoms with van der Waals surface area (Å²) >= 11 is 1.71. The zero-order valence-electron chi connectivity index (χ0n) is 9.37. The SMILES string of the molecule is CC1=NC(C(C)C)C=CS1.CCC. The van der Waals surface area contributed by atoms with Gasteiger partial charge in [-0.15, -0.1) is 0 Å². The average Bonchev–Trinajstić information content (AvgIpc) is 2.05. The van der Waals surface area contributed by atoms with Crippen molar-refractivity contribution in [3.8, 4) is 0 Å². The van der Waals surface area contributed by atoms with Crippen molar-refractivity contribution in [3.63, 3.8) is 0 Å².